The molecule has 0 saturated carbocycles. The molecule has 2 aliphatic heterocycles. The van der Waals surface area contributed by atoms with Crippen LogP contribution in [-0.4, -0.2) is 60.4 Å². The minimum atomic E-state index is -0.0540. The molecule has 2 fully saturated rings. The number of halogens is 1. The van der Waals surface area contributed by atoms with Crippen LogP contribution in [0.1, 0.15) is 30.1 Å². The van der Waals surface area contributed by atoms with Crippen LogP contribution in [0.2, 0.25) is 0 Å². The van der Waals surface area contributed by atoms with Crippen molar-refractivity contribution in [2.45, 2.75) is 25.8 Å². The minimum absolute atomic E-state index is 0. The lowest BCUT2D eigenvalue weighted by Crippen LogP contribution is -2.54. The van der Waals surface area contributed by atoms with Gasteiger partial charge in [-0.2, -0.15) is 0 Å². The van der Waals surface area contributed by atoms with Gasteiger partial charge in [0.05, 0.1) is 5.92 Å². The average Bonchev–Trinajstić information content (AvgIpc) is 2.61. The number of nitrogens with one attached hydrogen (secondary N) is 1. The summed E-state index contributed by atoms with van der Waals surface area (Å²) in [5, 5.41) is 3.36. The summed E-state index contributed by atoms with van der Waals surface area (Å²) >= 11 is 0. The molecule has 0 radical (unpaired) electrons. The summed E-state index contributed by atoms with van der Waals surface area (Å²) in [6, 6.07) is 9.69. The Morgan fingerprint density at radius 1 is 1.08 bits per heavy atom. The average molecular weight is 352 g/mol. The number of hydrogen-bond donors (Lipinski definition) is 1. The maximum absolute atomic E-state index is 12.8. The fraction of sp³-hybridized carbons (Fsp3) is 0.556. The van der Waals surface area contributed by atoms with Gasteiger partial charge in [-0.15, -0.1) is 12.4 Å². The standard InChI is InChI=1S/C18H25N3O2.ClH/c1-14-12-21(11-9-19-14)18(23)16-8-5-10-20(13-16)17(22)15-6-3-2-4-7-15;/h2-4,6-7,14,16,19H,5,8-13H2,1H3;1H. The van der Waals surface area contributed by atoms with Gasteiger partial charge in [-0.1, -0.05) is 18.2 Å². The van der Waals surface area contributed by atoms with Crippen molar-refractivity contribution in [3.8, 4) is 0 Å². The van der Waals surface area contributed by atoms with Crippen LogP contribution in [0, 0.1) is 5.92 Å². The molecule has 2 saturated heterocycles. The lowest BCUT2D eigenvalue weighted by atomic mass is 9.95. The second kappa shape index (κ2) is 8.49. The molecular weight excluding hydrogens is 326 g/mol. The third kappa shape index (κ3) is 4.28. The molecular formula is C18H26ClN3O2. The summed E-state index contributed by atoms with van der Waals surface area (Å²) < 4.78 is 0. The van der Waals surface area contributed by atoms with Gasteiger partial charge in [0.2, 0.25) is 5.91 Å². The van der Waals surface area contributed by atoms with E-state index in [4.69, 9.17) is 0 Å². The zero-order valence-electron chi connectivity index (χ0n) is 14.1. The Labute approximate surface area is 149 Å². The summed E-state index contributed by atoms with van der Waals surface area (Å²) in [5.41, 5.74) is 0.705. The van der Waals surface area contributed by atoms with Gasteiger partial charge in [0.25, 0.3) is 5.91 Å². The smallest absolute Gasteiger partial charge is 0.253 e. The molecule has 2 aliphatic rings. The molecule has 6 heteroatoms. The van der Waals surface area contributed by atoms with Crippen molar-refractivity contribution in [3.05, 3.63) is 35.9 Å². The Hall–Kier alpha value is -1.59. The number of nitrogens with zero attached hydrogens (tertiary/aromatic N) is 2. The Kier molecular flexibility index (Phi) is 6.63. The first-order valence-electron chi connectivity index (χ1n) is 8.51. The first-order chi connectivity index (χ1) is 11.1. The van der Waals surface area contributed by atoms with Crippen molar-refractivity contribution >= 4 is 24.2 Å². The maximum atomic E-state index is 12.8. The van der Waals surface area contributed by atoms with Gasteiger partial charge in [0.15, 0.2) is 0 Å². The van der Waals surface area contributed by atoms with E-state index in [1.54, 1.807) is 0 Å². The molecule has 24 heavy (non-hydrogen) atoms. The van der Waals surface area contributed by atoms with Crippen LogP contribution in [0.3, 0.4) is 0 Å². The highest BCUT2D eigenvalue weighted by atomic mass is 35.5. The van der Waals surface area contributed by atoms with Gasteiger partial charge in [-0.05, 0) is 31.9 Å². The first-order valence-corrected chi connectivity index (χ1v) is 8.51. The third-order valence-corrected chi connectivity index (χ3v) is 4.76. The van der Waals surface area contributed by atoms with E-state index in [-0.39, 0.29) is 30.1 Å². The van der Waals surface area contributed by atoms with E-state index in [2.05, 4.69) is 12.2 Å². The molecule has 0 bridgehead atoms. The molecule has 132 valence electrons. The van der Waals surface area contributed by atoms with Crippen molar-refractivity contribution in [2.24, 2.45) is 5.92 Å². The van der Waals surface area contributed by atoms with Crippen LogP contribution < -0.4 is 5.32 Å². The Morgan fingerprint density at radius 3 is 2.54 bits per heavy atom. The fourth-order valence-corrected chi connectivity index (χ4v) is 3.52. The monoisotopic (exact) mass is 351 g/mol. The number of likely N-dealkylation sites (tertiary alicyclic amines) is 1. The highest BCUT2D eigenvalue weighted by molar-refractivity contribution is 5.94. The number of rotatable bonds is 2. The lowest BCUT2D eigenvalue weighted by Gasteiger charge is -2.38. The SMILES string of the molecule is CC1CN(C(=O)C2CCCN(C(=O)c3ccccc3)C2)CCN1.Cl. The van der Waals surface area contributed by atoms with Crippen molar-refractivity contribution in [1.29, 1.82) is 0 Å². The van der Waals surface area contributed by atoms with Crippen molar-refractivity contribution < 1.29 is 9.59 Å². The predicted octanol–water partition coefficient (Wildman–Crippen LogP) is 1.78. The molecule has 0 aromatic heterocycles. The second-order valence-electron chi connectivity index (χ2n) is 6.60. The third-order valence-electron chi connectivity index (χ3n) is 4.76. The van der Waals surface area contributed by atoms with Crippen LogP contribution in [0.25, 0.3) is 0 Å². The van der Waals surface area contributed by atoms with Crippen LogP contribution in [0.15, 0.2) is 30.3 Å². The number of carbonyl (C=O) groups excluding carboxylic acids is 2. The van der Waals surface area contributed by atoms with Crippen molar-refractivity contribution in [3.63, 3.8) is 0 Å². The van der Waals surface area contributed by atoms with Gasteiger partial charge in [-0.3, -0.25) is 9.59 Å². The molecule has 1 aromatic rings. The lowest BCUT2D eigenvalue weighted by molar-refractivity contribution is -0.138. The molecule has 2 amide bonds. The molecule has 2 heterocycles. The summed E-state index contributed by atoms with van der Waals surface area (Å²) in [4.78, 5) is 29.2. The number of piperazine rings is 1. The number of piperidine rings is 1. The molecule has 1 aromatic carbocycles. The minimum Gasteiger partial charge on any atom is -0.340 e. The highest BCUT2D eigenvalue weighted by Gasteiger charge is 2.32. The fourth-order valence-electron chi connectivity index (χ4n) is 3.52. The van der Waals surface area contributed by atoms with Crippen molar-refractivity contribution in [1.82, 2.24) is 15.1 Å². The number of amides is 2. The van der Waals surface area contributed by atoms with Crippen LogP contribution in [0.5, 0.6) is 0 Å². The summed E-state index contributed by atoms with van der Waals surface area (Å²) in [5.74, 6) is 0.197. The van der Waals surface area contributed by atoms with Gasteiger partial charge >= 0.3 is 0 Å². The zero-order valence-corrected chi connectivity index (χ0v) is 14.9. The molecule has 2 unspecified atom stereocenters. The zero-order chi connectivity index (χ0) is 16.2. The maximum Gasteiger partial charge on any atom is 0.253 e. The van der Waals surface area contributed by atoms with Gasteiger partial charge < -0.3 is 15.1 Å². The van der Waals surface area contributed by atoms with Gasteiger partial charge in [0.1, 0.15) is 0 Å². The van der Waals surface area contributed by atoms with E-state index >= 15 is 0 Å². The molecule has 3 rings (SSSR count). The van der Waals surface area contributed by atoms with E-state index in [1.807, 2.05) is 40.1 Å². The molecule has 0 spiro atoms. The van der Waals surface area contributed by atoms with Gasteiger partial charge in [0, 0.05) is 44.3 Å². The Morgan fingerprint density at radius 2 is 1.83 bits per heavy atom. The number of carbonyl (C=O) groups is 2. The quantitative estimate of drug-likeness (QED) is 0.883. The molecule has 0 aliphatic carbocycles. The first kappa shape index (κ1) is 18.7. The van der Waals surface area contributed by atoms with E-state index in [0.717, 1.165) is 39.0 Å². The number of hydrogen-bond acceptors (Lipinski definition) is 3. The van der Waals surface area contributed by atoms with Crippen LogP contribution in [-0.2, 0) is 4.79 Å². The van der Waals surface area contributed by atoms with Crippen LogP contribution >= 0.6 is 12.4 Å². The van der Waals surface area contributed by atoms with Crippen LogP contribution in [0.4, 0.5) is 0 Å². The largest absolute Gasteiger partial charge is 0.340 e. The Bertz CT molecular complexity index is 567. The predicted molar refractivity (Wildman–Crippen MR) is 96.4 cm³/mol. The summed E-state index contributed by atoms with van der Waals surface area (Å²) in [7, 11) is 0. The number of benzene rings is 1. The second-order valence-corrected chi connectivity index (χ2v) is 6.60. The van der Waals surface area contributed by atoms with E-state index in [9.17, 15) is 9.59 Å². The van der Waals surface area contributed by atoms with E-state index < -0.39 is 0 Å². The molecule has 5 nitrogen and oxygen atoms in total. The highest BCUT2D eigenvalue weighted by Crippen LogP contribution is 2.21. The summed E-state index contributed by atoms with van der Waals surface area (Å²) in [6.45, 7) is 5.78. The molecule has 1 N–H and O–H groups in total. The topological polar surface area (TPSA) is 52.7 Å². The Balaban J connectivity index is 0.00000208. The van der Waals surface area contributed by atoms with Gasteiger partial charge in [-0.25, -0.2) is 0 Å². The normalized spacial score (nSPS) is 24.2. The van der Waals surface area contributed by atoms with E-state index in [0.29, 0.717) is 18.2 Å². The van der Waals surface area contributed by atoms with Crippen molar-refractivity contribution in [2.75, 3.05) is 32.7 Å². The van der Waals surface area contributed by atoms with E-state index in [1.165, 1.54) is 0 Å². The summed E-state index contributed by atoms with van der Waals surface area (Å²) in [6.07, 6.45) is 1.78. The molecule has 2 atom stereocenters.